The number of halogens is 2. The normalized spacial score (nSPS) is 9.90. The Hall–Kier alpha value is -0.880. The Kier molecular flexibility index (Phi) is 7.23. The van der Waals surface area contributed by atoms with Gasteiger partial charge in [-0.3, -0.25) is 4.79 Å². The van der Waals surface area contributed by atoms with E-state index in [9.17, 15) is 4.79 Å². The standard InChI is InChI=1S/C14H15BrN2OS.ClH/c1-10-4-5-13(12(15)7-10)17-14(18)9-16-8-11-3-2-6-19-11;/h2-7,16H,8-9H2,1H3,(H,17,18);1H/p-1. The number of nitrogens with one attached hydrogen (secondary N) is 2. The lowest BCUT2D eigenvalue weighted by Gasteiger charge is -2.08. The molecule has 1 aromatic carbocycles. The maximum atomic E-state index is 11.8. The monoisotopic (exact) mass is 373 g/mol. The summed E-state index contributed by atoms with van der Waals surface area (Å²) in [4.78, 5) is 13.0. The molecule has 0 aliphatic carbocycles. The van der Waals surface area contributed by atoms with E-state index in [1.165, 1.54) is 4.88 Å². The van der Waals surface area contributed by atoms with Gasteiger partial charge in [-0.15, -0.1) is 11.3 Å². The third-order valence-electron chi connectivity index (χ3n) is 2.56. The van der Waals surface area contributed by atoms with Crippen molar-refractivity contribution in [2.75, 3.05) is 11.9 Å². The molecule has 0 atom stereocenters. The van der Waals surface area contributed by atoms with Crippen molar-refractivity contribution < 1.29 is 17.2 Å². The average molecular weight is 375 g/mol. The molecule has 0 aliphatic rings. The summed E-state index contributed by atoms with van der Waals surface area (Å²) in [7, 11) is 0. The number of rotatable bonds is 5. The molecular weight excluding hydrogens is 360 g/mol. The summed E-state index contributed by atoms with van der Waals surface area (Å²) in [6, 6.07) is 9.90. The van der Waals surface area contributed by atoms with E-state index >= 15 is 0 Å². The van der Waals surface area contributed by atoms with E-state index in [1.807, 2.05) is 42.6 Å². The molecule has 0 saturated carbocycles. The van der Waals surface area contributed by atoms with E-state index in [-0.39, 0.29) is 18.3 Å². The maximum Gasteiger partial charge on any atom is 0.238 e. The second-order valence-electron chi connectivity index (χ2n) is 4.21. The third-order valence-corrected chi connectivity index (χ3v) is 4.10. The molecule has 0 bridgehead atoms. The van der Waals surface area contributed by atoms with Crippen LogP contribution in [0.4, 0.5) is 5.69 Å². The largest absolute Gasteiger partial charge is 1.00 e. The molecule has 0 unspecified atom stereocenters. The van der Waals surface area contributed by atoms with E-state index in [4.69, 9.17) is 0 Å². The first kappa shape index (κ1) is 17.2. The molecule has 3 nitrogen and oxygen atoms in total. The maximum absolute atomic E-state index is 11.8. The zero-order chi connectivity index (χ0) is 13.7. The molecule has 2 N–H and O–H groups in total. The SMILES string of the molecule is Cc1ccc(NC(=O)CNCc2cccs2)c(Br)c1.[Cl-]. The molecule has 1 heterocycles. The number of carbonyl (C=O) groups excluding carboxylic acids is 1. The van der Waals surface area contributed by atoms with Crippen LogP contribution in [0.25, 0.3) is 0 Å². The van der Waals surface area contributed by atoms with Crippen LogP contribution in [-0.4, -0.2) is 12.5 Å². The first-order chi connectivity index (χ1) is 9.15. The molecule has 0 spiro atoms. The number of amides is 1. The first-order valence-corrected chi connectivity index (χ1v) is 7.61. The zero-order valence-corrected chi connectivity index (χ0v) is 14.1. The number of anilines is 1. The van der Waals surface area contributed by atoms with Gasteiger partial charge in [-0.1, -0.05) is 12.1 Å². The minimum Gasteiger partial charge on any atom is -1.00 e. The van der Waals surface area contributed by atoms with Gasteiger partial charge in [0.05, 0.1) is 12.2 Å². The fraction of sp³-hybridized carbons (Fsp3) is 0.214. The average Bonchev–Trinajstić information content (AvgIpc) is 2.86. The van der Waals surface area contributed by atoms with Gasteiger partial charge in [0.25, 0.3) is 0 Å². The van der Waals surface area contributed by atoms with Crippen LogP contribution < -0.4 is 23.0 Å². The van der Waals surface area contributed by atoms with Crippen molar-refractivity contribution in [3.63, 3.8) is 0 Å². The minimum absolute atomic E-state index is 0. The highest BCUT2D eigenvalue weighted by Gasteiger charge is 2.05. The van der Waals surface area contributed by atoms with Gasteiger partial charge < -0.3 is 23.0 Å². The van der Waals surface area contributed by atoms with Crippen LogP contribution in [0.1, 0.15) is 10.4 Å². The van der Waals surface area contributed by atoms with E-state index in [0.29, 0.717) is 6.54 Å². The molecule has 0 radical (unpaired) electrons. The predicted octanol–water partition coefficient (Wildman–Crippen LogP) is 0.551. The van der Waals surface area contributed by atoms with Gasteiger partial charge in [-0.05, 0) is 52.0 Å². The lowest BCUT2D eigenvalue weighted by Crippen LogP contribution is -3.00. The van der Waals surface area contributed by atoms with Gasteiger partial charge in [0.15, 0.2) is 0 Å². The number of thiophene rings is 1. The molecule has 6 heteroatoms. The Morgan fingerprint density at radius 2 is 2.15 bits per heavy atom. The van der Waals surface area contributed by atoms with Crippen molar-refractivity contribution in [1.82, 2.24) is 5.32 Å². The van der Waals surface area contributed by atoms with Gasteiger partial charge in [-0.2, -0.15) is 0 Å². The molecule has 20 heavy (non-hydrogen) atoms. The number of hydrogen-bond donors (Lipinski definition) is 2. The lowest BCUT2D eigenvalue weighted by molar-refractivity contribution is -0.115. The summed E-state index contributed by atoms with van der Waals surface area (Å²) in [6.45, 7) is 3.04. The molecule has 0 fully saturated rings. The number of hydrogen-bond acceptors (Lipinski definition) is 3. The quantitative estimate of drug-likeness (QED) is 0.802. The lowest BCUT2D eigenvalue weighted by atomic mass is 10.2. The van der Waals surface area contributed by atoms with Crippen LogP contribution in [-0.2, 0) is 11.3 Å². The fourth-order valence-electron chi connectivity index (χ4n) is 1.63. The Morgan fingerprint density at radius 3 is 2.80 bits per heavy atom. The van der Waals surface area contributed by atoms with Crippen LogP contribution in [0.2, 0.25) is 0 Å². The third kappa shape index (κ3) is 5.25. The van der Waals surface area contributed by atoms with E-state index < -0.39 is 0 Å². The predicted molar refractivity (Wildman–Crippen MR) is 83.5 cm³/mol. The van der Waals surface area contributed by atoms with E-state index in [1.54, 1.807) is 11.3 Å². The number of aryl methyl sites for hydroxylation is 1. The van der Waals surface area contributed by atoms with Crippen LogP contribution in [0, 0.1) is 6.92 Å². The summed E-state index contributed by atoms with van der Waals surface area (Å²) in [5.74, 6) is -0.0406. The zero-order valence-electron chi connectivity index (χ0n) is 11.0. The van der Waals surface area contributed by atoms with Gasteiger partial charge in [0.1, 0.15) is 0 Å². The summed E-state index contributed by atoms with van der Waals surface area (Å²) in [6.07, 6.45) is 0. The van der Waals surface area contributed by atoms with Crippen LogP contribution in [0.5, 0.6) is 0 Å². The molecule has 1 amide bonds. The summed E-state index contributed by atoms with van der Waals surface area (Å²) >= 11 is 5.12. The Balaban J connectivity index is 0.00000200. The van der Waals surface area contributed by atoms with E-state index in [2.05, 4.69) is 26.6 Å². The van der Waals surface area contributed by atoms with Crippen LogP contribution in [0.15, 0.2) is 40.2 Å². The van der Waals surface area contributed by atoms with Crippen LogP contribution in [0.3, 0.4) is 0 Å². The summed E-state index contributed by atoms with van der Waals surface area (Å²) in [5, 5.41) is 8.02. The second kappa shape index (κ2) is 8.42. The minimum atomic E-state index is -0.0406. The van der Waals surface area contributed by atoms with Gasteiger partial charge in [0.2, 0.25) is 5.91 Å². The Morgan fingerprint density at radius 1 is 1.35 bits per heavy atom. The highest BCUT2D eigenvalue weighted by atomic mass is 79.9. The van der Waals surface area contributed by atoms with Crippen molar-refractivity contribution >= 4 is 38.9 Å². The number of benzene rings is 1. The van der Waals surface area contributed by atoms with Crippen molar-refractivity contribution in [3.8, 4) is 0 Å². The Labute approximate surface area is 137 Å². The molecule has 0 aliphatic heterocycles. The molecule has 108 valence electrons. The van der Waals surface area contributed by atoms with Crippen molar-refractivity contribution in [2.24, 2.45) is 0 Å². The molecule has 1 aromatic heterocycles. The smallest absolute Gasteiger partial charge is 0.238 e. The highest BCUT2D eigenvalue weighted by molar-refractivity contribution is 9.10. The molecule has 0 saturated heterocycles. The van der Waals surface area contributed by atoms with Crippen molar-refractivity contribution in [1.29, 1.82) is 0 Å². The molecule has 2 aromatic rings. The molecular formula is C14H15BrClN2OS-. The van der Waals surface area contributed by atoms with E-state index in [0.717, 1.165) is 22.3 Å². The topological polar surface area (TPSA) is 41.1 Å². The first-order valence-electron chi connectivity index (χ1n) is 5.94. The fourth-order valence-corrected chi connectivity index (χ4v) is 2.90. The highest BCUT2D eigenvalue weighted by Crippen LogP contribution is 2.23. The van der Waals surface area contributed by atoms with Gasteiger partial charge in [-0.25, -0.2) is 0 Å². The second-order valence-corrected chi connectivity index (χ2v) is 6.10. The van der Waals surface area contributed by atoms with Crippen molar-refractivity contribution in [2.45, 2.75) is 13.5 Å². The van der Waals surface area contributed by atoms with Gasteiger partial charge in [0, 0.05) is 15.9 Å². The van der Waals surface area contributed by atoms with Gasteiger partial charge >= 0.3 is 0 Å². The van der Waals surface area contributed by atoms with Crippen LogP contribution >= 0.6 is 27.3 Å². The summed E-state index contributed by atoms with van der Waals surface area (Å²) in [5.41, 5.74) is 1.95. The summed E-state index contributed by atoms with van der Waals surface area (Å²) < 4.78 is 0.902. The molecule has 2 rings (SSSR count). The Bertz CT molecular complexity index is 560. The number of carbonyl (C=O) groups is 1. The van der Waals surface area contributed by atoms with Crippen molar-refractivity contribution in [3.05, 3.63) is 50.6 Å².